The van der Waals surface area contributed by atoms with Crippen LogP contribution in [0.3, 0.4) is 0 Å². The van der Waals surface area contributed by atoms with Gasteiger partial charge in [-0.1, -0.05) is 13.8 Å². The Morgan fingerprint density at radius 3 is 2.41 bits per heavy atom. The quantitative estimate of drug-likeness (QED) is 0.309. The lowest BCUT2D eigenvalue weighted by atomic mass is 9.78. The first kappa shape index (κ1) is 20.5. The zero-order valence-corrected chi connectivity index (χ0v) is 15.6. The molecule has 6 N–H and O–H groups in total. The Kier molecular flexibility index (Phi) is 5.52. The van der Waals surface area contributed by atoms with E-state index >= 15 is 0 Å². The van der Waals surface area contributed by atoms with Crippen molar-refractivity contribution in [3.63, 3.8) is 0 Å². The van der Waals surface area contributed by atoms with Crippen molar-refractivity contribution < 1.29 is 39.9 Å². The number of aliphatic hydroxyl groups excluding tert-OH is 5. The van der Waals surface area contributed by atoms with Gasteiger partial charge in [0.15, 0.2) is 0 Å². The second-order valence-corrected chi connectivity index (χ2v) is 8.49. The minimum atomic E-state index is -1.60. The minimum Gasteiger partial charge on any atom is -0.394 e. The van der Waals surface area contributed by atoms with Gasteiger partial charge < -0.3 is 35.6 Å². The molecular weight excluding hydrogens is 378 g/mol. The predicted molar refractivity (Wildman–Crippen MR) is 94.3 cm³/mol. The average molecular weight is 401 g/mol. The van der Waals surface area contributed by atoms with E-state index in [1.54, 1.807) is 13.8 Å². The van der Waals surface area contributed by atoms with E-state index in [4.69, 9.17) is 4.74 Å². The first-order chi connectivity index (χ1) is 12.6. The van der Waals surface area contributed by atoms with Crippen LogP contribution in [0.4, 0.5) is 0 Å². The topological polar surface area (TPSA) is 157 Å². The van der Waals surface area contributed by atoms with Crippen LogP contribution in [0.2, 0.25) is 0 Å². The third-order valence-corrected chi connectivity index (χ3v) is 6.98. The molecule has 9 nitrogen and oxygen atoms in total. The minimum absolute atomic E-state index is 0.119. The summed E-state index contributed by atoms with van der Waals surface area (Å²) >= 11 is 1.01. The fourth-order valence-electron chi connectivity index (χ4n) is 3.52. The molecule has 27 heavy (non-hydrogen) atoms. The summed E-state index contributed by atoms with van der Waals surface area (Å²) in [7, 11) is 0. The summed E-state index contributed by atoms with van der Waals surface area (Å²) in [4.78, 5) is 25.4. The van der Waals surface area contributed by atoms with Crippen LogP contribution >= 0.6 is 11.8 Å². The third-order valence-electron chi connectivity index (χ3n) is 5.30. The Hall–Kier alpha value is -1.27. The van der Waals surface area contributed by atoms with Gasteiger partial charge in [-0.2, -0.15) is 0 Å². The number of carbonyl (C=O) groups is 2. The predicted octanol–water partition coefficient (Wildman–Crippen LogP) is -2.20. The van der Waals surface area contributed by atoms with Crippen molar-refractivity contribution in [2.45, 2.75) is 49.6 Å². The molecule has 0 saturated carbocycles. The highest BCUT2D eigenvalue weighted by Crippen LogP contribution is 2.49. The van der Waals surface area contributed by atoms with Gasteiger partial charge in [-0.25, -0.2) is 0 Å². The Balaban J connectivity index is 1.94. The van der Waals surface area contributed by atoms with E-state index in [1.807, 2.05) is 0 Å². The number of hydrogen-bond donors (Lipinski definition) is 6. The highest BCUT2D eigenvalue weighted by atomic mass is 32.2. The standard InChI is InChI=1S/C17H23NO8S/c1-17(2)6(4-19)3-7(21)9-15(17)27-14(16(25)18-9)13-12(24)11(23)10(22)8(5-20)26-13/h3,8,10-14,19-20,22-24H,4-5H2,1-2H3,(H,18,25)/t8-,10-,11+,12-,13-,14?/m1/s1. The van der Waals surface area contributed by atoms with Crippen molar-refractivity contribution in [1.82, 2.24) is 5.32 Å². The van der Waals surface area contributed by atoms with E-state index in [2.05, 4.69) is 5.32 Å². The summed E-state index contributed by atoms with van der Waals surface area (Å²) in [6.45, 7) is 2.67. The number of allylic oxidation sites excluding steroid dienone is 2. The number of thioether (sulfide) groups is 1. The zero-order valence-electron chi connectivity index (χ0n) is 14.8. The van der Waals surface area contributed by atoms with Gasteiger partial charge >= 0.3 is 0 Å². The van der Waals surface area contributed by atoms with E-state index < -0.39 is 59.5 Å². The van der Waals surface area contributed by atoms with E-state index in [9.17, 15) is 35.1 Å². The molecule has 1 unspecified atom stereocenters. The maximum atomic E-state index is 12.6. The molecule has 1 aliphatic carbocycles. The normalized spacial score (nSPS) is 39.0. The van der Waals surface area contributed by atoms with Crippen molar-refractivity contribution in [3.8, 4) is 0 Å². The number of aliphatic hydroxyl groups is 5. The van der Waals surface area contributed by atoms with Gasteiger partial charge in [0.2, 0.25) is 11.7 Å². The monoisotopic (exact) mass is 401 g/mol. The van der Waals surface area contributed by atoms with Crippen molar-refractivity contribution in [1.29, 1.82) is 0 Å². The lowest BCUT2D eigenvalue weighted by molar-refractivity contribution is -0.228. The van der Waals surface area contributed by atoms with Gasteiger partial charge in [-0.15, -0.1) is 11.8 Å². The summed E-state index contributed by atoms with van der Waals surface area (Å²) in [5.74, 6) is -1.02. The Morgan fingerprint density at radius 2 is 1.81 bits per heavy atom. The summed E-state index contributed by atoms with van der Waals surface area (Å²) in [5, 5.41) is 50.7. The maximum absolute atomic E-state index is 12.6. The Morgan fingerprint density at radius 1 is 1.15 bits per heavy atom. The highest BCUT2D eigenvalue weighted by molar-refractivity contribution is 8.04. The SMILES string of the molecule is CC1(C)C(CO)=CC(=O)C2=C1SC([C@@H]1O[C@H](CO)[C@@H](O)[C@H](O)[C@H]1O)C(=O)N2. The van der Waals surface area contributed by atoms with Crippen molar-refractivity contribution in [2.75, 3.05) is 13.2 Å². The number of rotatable bonds is 3. The van der Waals surface area contributed by atoms with Gasteiger partial charge in [0.25, 0.3) is 0 Å². The lowest BCUT2D eigenvalue weighted by Gasteiger charge is -2.45. The number of hydrogen-bond acceptors (Lipinski definition) is 9. The number of carbonyl (C=O) groups excluding carboxylic acids is 2. The van der Waals surface area contributed by atoms with E-state index in [0.717, 1.165) is 11.8 Å². The molecule has 0 radical (unpaired) electrons. The molecule has 1 amide bonds. The maximum Gasteiger partial charge on any atom is 0.240 e. The molecule has 0 bridgehead atoms. The fraction of sp³-hybridized carbons (Fsp3) is 0.647. The summed E-state index contributed by atoms with van der Waals surface area (Å²) in [5.41, 5.74) is -0.126. The largest absolute Gasteiger partial charge is 0.394 e. The van der Waals surface area contributed by atoms with Crippen LogP contribution in [-0.4, -0.2) is 86.2 Å². The number of amides is 1. The van der Waals surface area contributed by atoms with Crippen LogP contribution in [0.15, 0.2) is 22.3 Å². The van der Waals surface area contributed by atoms with E-state index in [0.29, 0.717) is 10.5 Å². The van der Waals surface area contributed by atoms with Crippen molar-refractivity contribution in [3.05, 3.63) is 22.3 Å². The summed E-state index contributed by atoms with van der Waals surface area (Å²) < 4.78 is 5.51. The molecule has 0 aromatic carbocycles. The fourth-order valence-corrected chi connectivity index (χ4v) is 4.99. The van der Waals surface area contributed by atoms with E-state index in [-0.39, 0.29) is 12.3 Å². The molecule has 150 valence electrons. The second-order valence-electron chi connectivity index (χ2n) is 7.34. The number of nitrogens with one attached hydrogen (secondary N) is 1. The van der Waals surface area contributed by atoms with Gasteiger partial charge in [0, 0.05) is 10.3 Å². The molecule has 3 aliphatic rings. The molecule has 2 aliphatic heterocycles. The molecule has 0 aromatic heterocycles. The molecule has 0 spiro atoms. The smallest absolute Gasteiger partial charge is 0.240 e. The second kappa shape index (κ2) is 7.28. The van der Waals surface area contributed by atoms with Crippen molar-refractivity contribution >= 4 is 23.5 Å². The average Bonchev–Trinajstić information content (AvgIpc) is 2.63. The first-order valence-electron chi connectivity index (χ1n) is 8.52. The number of ether oxygens (including phenoxy) is 1. The third kappa shape index (κ3) is 3.25. The van der Waals surface area contributed by atoms with E-state index in [1.165, 1.54) is 6.08 Å². The first-order valence-corrected chi connectivity index (χ1v) is 9.40. The molecule has 2 heterocycles. The highest BCUT2D eigenvalue weighted by Gasteiger charge is 2.52. The molecule has 1 saturated heterocycles. The number of ketones is 1. The van der Waals surface area contributed by atoms with Crippen LogP contribution in [0.5, 0.6) is 0 Å². The zero-order chi connectivity index (χ0) is 20.1. The van der Waals surface area contributed by atoms with Gasteiger partial charge in [0.05, 0.1) is 18.9 Å². The van der Waals surface area contributed by atoms with Gasteiger partial charge in [-0.05, 0) is 11.6 Å². The van der Waals surface area contributed by atoms with Gasteiger partial charge in [-0.3, -0.25) is 9.59 Å². The summed E-state index contributed by atoms with van der Waals surface area (Å²) in [6.07, 6.45) is -5.74. The molecule has 3 rings (SSSR count). The Labute approximate surface area is 159 Å². The molecule has 0 aromatic rings. The van der Waals surface area contributed by atoms with Crippen LogP contribution < -0.4 is 5.32 Å². The van der Waals surface area contributed by atoms with Crippen LogP contribution in [-0.2, 0) is 14.3 Å². The van der Waals surface area contributed by atoms with Crippen molar-refractivity contribution in [2.24, 2.45) is 5.41 Å². The molecule has 1 fully saturated rings. The molecular formula is C17H23NO8S. The lowest BCUT2D eigenvalue weighted by Crippen LogP contribution is -2.63. The van der Waals surface area contributed by atoms with Crippen LogP contribution in [0.25, 0.3) is 0 Å². The van der Waals surface area contributed by atoms with Crippen LogP contribution in [0.1, 0.15) is 13.8 Å². The Bertz CT molecular complexity index is 716. The van der Waals surface area contributed by atoms with Crippen LogP contribution in [0, 0.1) is 5.41 Å². The molecule has 6 atom stereocenters. The summed E-state index contributed by atoms with van der Waals surface area (Å²) in [6, 6.07) is 0. The van der Waals surface area contributed by atoms with Gasteiger partial charge in [0.1, 0.15) is 35.8 Å². The molecule has 10 heteroatoms.